The molecule has 7 nitrogen and oxygen atoms in total. The average molecular weight is 420 g/mol. The van der Waals surface area contributed by atoms with E-state index >= 15 is 0 Å². The Morgan fingerprint density at radius 1 is 1.21 bits per heavy atom. The molecule has 1 N–H and O–H groups in total. The smallest absolute Gasteiger partial charge is 0.304 e. The summed E-state index contributed by atoms with van der Waals surface area (Å²) in [5, 5.41) is 10.3. The molecule has 4 rings (SSSR count). The first-order valence-electron chi connectivity index (χ1n) is 8.62. The molecule has 0 aromatic carbocycles. The van der Waals surface area contributed by atoms with Gasteiger partial charge in [-0.3, -0.25) is 9.48 Å². The van der Waals surface area contributed by atoms with Crippen LogP contribution in [0.4, 0.5) is 19.0 Å². The van der Waals surface area contributed by atoms with Crippen molar-refractivity contribution in [3.8, 4) is 10.6 Å². The van der Waals surface area contributed by atoms with E-state index in [0.29, 0.717) is 9.39 Å². The van der Waals surface area contributed by atoms with Gasteiger partial charge in [0.2, 0.25) is 0 Å². The van der Waals surface area contributed by atoms with Gasteiger partial charge in [-0.2, -0.15) is 23.4 Å². The maximum atomic E-state index is 13.6. The van der Waals surface area contributed by atoms with Crippen molar-refractivity contribution in [3.63, 3.8) is 0 Å². The first-order valence-corrected chi connectivity index (χ1v) is 9.44. The third-order valence-electron chi connectivity index (χ3n) is 4.17. The Kier molecular flexibility index (Phi) is 4.61. The molecule has 11 heteroatoms. The molecule has 150 valence electrons. The largest absolute Gasteiger partial charge is 0.433 e. The number of nitrogens with one attached hydrogen (secondary N) is 1. The zero-order valence-corrected chi connectivity index (χ0v) is 16.2. The van der Waals surface area contributed by atoms with Crippen molar-refractivity contribution in [2.24, 2.45) is 7.05 Å². The van der Waals surface area contributed by atoms with Gasteiger partial charge in [0.1, 0.15) is 0 Å². The molecule has 4 heterocycles. The second kappa shape index (κ2) is 6.99. The van der Waals surface area contributed by atoms with Crippen LogP contribution >= 0.6 is 11.3 Å². The number of fused-ring (bicyclic) bond motifs is 1. The first kappa shape index (κ1) is 19.1. The van der Waals surface area contributed by atoms with Gasteiger partial charge in [-0.1, -0.05) is 6.92 Å². The van der Waals surface area contributed by atoms with E-state index in [4.69, 9.17) is 0 Å². The number of amides is 1. The molecule has 0 bridgehead atoms. The molecule has 0 radical (unpaired) electrons. The number of hydrogen-bond acceptors (Lipinski definition) is 5. The summed E-state index contributed by atoms with van der Waals surface area (Å²) in [6, 6.07) is 7.35. The molecule has 1 amide bonds. The van der Waals surface area contributed by atoms with Crippen LogP contribution in [0.1, 0.15) is 28.0 Å². The summed E-state index contributed by atoms with van der Waals surface area (Å²) < 4.78 is 43.1. The van der Waals surface area contributed by atoms with Crippen LogP contribution in [0.5, 0.6) is 0 Å². The van der Waals surface area contributed by atoms with E-state index in [2.05, 4.69) is 20.5 Å². The van der Waals surface area contributed by atoms with Crippen LogP contribution in [-0.4, -0.2) is 30.3 Å². The summed E-state index contributed by atoms with van der Waals surface area (Å²) in [4.78, 5) is 18.4. The summed E-state index contributed by atoms with van der Waals surface area (Å²) in [5.74, 6) is -0.404. The van der Waals surface area contributed by atoms with Crippen LogP contribution in [0.25, 0.3) is 16.2 Å². The van der Waals surface area contributed by atoms with Crippen LogP contribution < -0.4 is 5.32 Å². The highest BCUT2D eigenvalue weighted by Crippen LogP contribution is 2.34. The van der Waals surface area contributed by atoms with Crippen molar-refractivity contribution in [2.75, 3.05) is 5.32 Å². The predicted octanol–water partition coefficient (Wildman–Crippen LogP) is 4.02. The Bertz CT molecular complexity index is 1210. The number of hydrogen-bond donors (Lipinski definition) is 1. The van der Waals surface area contributed by atoms with Gasteiger partial charge in [-0.15, -0.1) is 11.3 Å². The monoisotopic (exact) mass is 420 g/mol. The number of anilines is 1. The second-order valence-electron chi connectivity index (χ2n) is 6.27. The molecule has 0 saturated carbocycles. The topological polar surface area (TPSA) is 77.1 Å². The highest BCUT2D eigenvalue weighted by Gasteiger charge is 2.35. The molecule has 0 aliphatic heterocycles. The third-order valence-corrected chi connectivity index (χ3v) is 5.42. The summed E-state index contributed by atoms with van der Waals surface area (Å²) in [7, 11) is 1.68. The fourth-order valence-corrected chi connectivity index (χ4v) is 3.69. The second-order valence-corrected chi connectivity index (χ2v) is 7.44. The fraction of sp³-hybridized carbons (Fsp3) is 0.222. The molecular weight excluding hydrogens is 405 g/mol. The maximum absolute atomic E-state index is 13.6. The van der Waals surface area contributed by atoms with Crippen LogP contribution in [0.15, 0.2) is 36.5 Å². The van der Waals surface area contributed by atoms with Gasteiger partial charge in [0.05, 0.1) is 10.6 Å². The lowest BCUT2D eigenvalue weighted by Gasteiger charge is -2.10. The van der Waals surface area contributed by atoms with Crippen molar-refractivity contribution in [2.45, 2.75) is 19.5 Å². The van der Waals surface area contributed by atoms with Gasteiger partial charge >= 0.3 is 6.18 Å². The van der Waals surface area contributed by atoms with Gasteiger partial charge in [-0.05, 0) is 24.6 Å². The Morgan fingerprint density at radius 2 is 2.00 bits per heavy atom. The van der Waals surface area contributed by atoms with Crippen LogP contribution in [0.2, 0.25) is 0 Å². The number of carbonyl (C=O) groups is 1. The van der Waals surface area contributed by atoms with Gasteiger partial charge in [0.25, 0.3) is 5.91 Å². The molecule has 0 atom stereocenters. The zero-order valence-electron chi connectivity index (χ0n) is 15.4. The molecule has 4 aromatic rings. The number of thiophene rings is 1. The number of halogens is 3. The number of rotatable bonds is 4. The highest BCUT2D eigenvalue weighted by atomic mass is 32.1. The summed E-state index contributed by atoms with van der Waals surface area (Å²) in [5.41, 5.74) is -1.06. The summed E-state index contributed by atoms with van der Waals surface area (Å²) >= 11 is 1.38. The van der Waals surface area contributed by atoms with Gasteiger partial charge in [0, 0.05) is 30.3 Å². The van der Waals surface area contributed by atoms with Crippen molar-refractivity contribution in [1.82, 2.24) is 24.4 Å². The number of aromatic nitrogens is 5. The van der Waals surface area contributed by atoms with E-state index in [0.717, 1.165) is 17.4 Å². The molecule has 4 aromatic heterocycles. The third kappa shape index (κ3) is 3.73. The lowest BCUT2D eigenvalue weighted by atomic mass is 10.2. The first-order chi connectivity index (χ1) is 13.7. The predicted molar refractivity (Wildman–Crippen MR) is 102 cm³/mol. The highest BCUT2D eigenvalue weighted by molar-refractivity contribution is 7.15. The lowest BCUT2D eigenvalue weighted by Crippen LogP contribution is -2.16. The molecule has 0 spiro atoms. The van der Waals surface area contributed by atoms with Gasteiger partial charge in [0.15, 0.2) is 22.9 Å². The molecule has 0 unspecified atom stereocenters. The van der Waals surface area contributed by atoms with E-state index in [1.54, 1.807) is 25.4 Å². The molecular formula is C18H15F3N6OS. The minimum Gasteiger partial charge on any atom is -0.304 e. The number of alkyl halides is 3. The number of nitrogens with zero attached hydrogens (tertiary/aromatic N) is 5. The van der Waals surface area contributed by atoms with E-state index < -0.39 is 17.8 Å². The minimum absolute atomic E-state index is 0.0626. The van der Waals surface area contributed by atoms with Crippen LogP contribution in [-0.2, 0) is 19.6 Å². The molecule has 0 saturated heterocycles. The van der Waals surface area contributed by atoms with Crippen molar-refractivity contribution in [1.29, 1.82) is 0 Å². The van der Waals surface area contributed by atoms with Gasteiger partial charge < -0.3 is 5.32 Å². The number of aryl methyl sites for hydroxylation is 2. The van der Waals surface area contributed by atoms with Crippen molar-refractivity contribution < 1.29 is 18.0 Å². The number of carbonyl (C=O) groups excluding carboxylic acids is 1. The maximum Gasteiger partial charge on any atom is 0.433 e. The molecule has 0 aliphatic rings. The zero-order chi connectivity index (χ0) is 20.8. The SMILES string of the molecule is CCc1ccc(-c2cc(C(F)(F)F)n3nc(C(=O)Nc4ccn(C)n4)cc3n2)s1. The fourth-order valence-electron chi connectivity index (χ4n) is 2.78. The Morgan fingerprint density at radius 3 is 2.62 bits per heavy atom. The summed E-state index contributed by atoms with van der Waals surface area (Å²) in [6.45, 7) is 1.97. The van der Waals surface area contributed by atoms with Gasteiger partial charge in [-0.25, -0.2) is 9.50 Å². The Hall–Kier alpha value is -3.21. The van der Waals surface area contributed by atoms with E-state index in [9.17, 15) is 18.0 Å². The van der Waals surface area contributed by atoms with E-state index in [1.807, 2.05) is 13.0 Å². The van der Waals surface area contributed by atoms with Crippen LogP contribution in [0.3, 0.4) is 0 Å². The van der Waals surface area contributed by atoms with Crippen LogP contribution in [0, 0.1) is 0 Å². The lowest BCUT2D eigenvalue weighted by molar-refractivity contribution is -0.142. The van der Waals surface area contributed by atoms with Crippen molar-refractivity contribution in [3.05, 3.63) is 52.8 Å². The normalized spacial score (nSPS) is 11.9. The quantitative estimate of drug-likeness (QED) is 0.541. The molecule has 29 heavy (non-hydrogen) atoms. The molecule has 0 fully saturated rings. The minimum atomic E-state index is -4.67. The Balaban J connectivity index is 1.78. The molecule has 0 aliphatic carbocycles. The van der Waals surface area contributed by atoms with Crippen molar-refractivity contribution >= 4 is 28.7 Å². The summed E-state index contributed by atoms with van der Waals surface area (Å²) in [6.07, 6.45) is -2.26. The van der Waals surface area contributed by atoms with E-state index in [1.165, 1.54) is 22.1 Å². The Labute approximate surface area is 166 Å². The standard InChI is InChI=1S/C18H15F3N6OS/c1-3-10-4-5-13(29-10)11-8-14(18(19,20)21)27-16(22-11)9-12(24-27)17(28)23-15-6-7-26(2)25-15/h4-9H,3H2,1-2H3,(H,23,25,28). The average Bonchev–Trinajstić information content (AvgIpc) is 3.38. The van der Waals surface area contributed by atoms with E-state index in [-0.39, 0.29) is 22.9 Å².